The largest absolute Gasteiger partial charge is 0 e. The minimum atomic E-state index is 0. The molecule has 0 aliphatic rings. The van der Waals surface area contributed by atoms with E-state index in [0.29, 0.717) is 0 Å². The third-order valence-electron chi connectivity index (χ3n) is 0. The number of hydrogen-bond acceptors (Lipinski definition) is 0. The smallest absolute Gasteiger partial charge is 0 e. The van der Waals surface area contributed by atoms with Crippen molar-refractivity contribution in [1.82, 2.24) is 0 Å². The van der Waals surface area contributed by atoms with Crippen molar-refractivity contribution in [2.45, 2.75) is 0 Å². The molecule has 8 heavy (non-hydrogen) atoms. The maximum absolute atomic E-state index is 2.09. The molecule has 0 saturated carbocycles. The van der Waals surface area contributed by atoms with Gasteiger partial charge in [-0.25, -0.2) is 0 Å². The predicted octanol–water partition coefficient (Wildman–Crippen LogP) is -2.38. The summed E-state index contributed by atoms with van der Waals surface area (Å²) >= 11 is 2.09. The second kappa shape index (κ2) is 58.2. The Bertz CT molecular complexity index is 24.0. The molecule has 1 radical (unpaired) electrons. The van der Waals surface area contributed by atoms with Gasteiger partial charge in [-0.05, 0) is 0 Å². The van der Waals surface area contributed by atoms with Crippen molar-refractivity contribution in [3.63, 3.8) is 0 Å². The molecule has 0 atom stereocenters. The SMILES string of the molecule is [AlH3].[Cr].[Hf].[Nb].[SiH3][Mo].[Ti].[W]. The van der Waals surface area contributed by atoms with E-state index in [9.17, 15) is 0 Å². The fourth-order valence-electron chi connectivity index (χ4n) is 0. The maximum Gasteiger partial charge on any atom is 0 e. The van der Waals surface area contributed by atoms with Crippen LogP contribution in [0.15, 0.2) is 0 Å². The molecule has 0 aliphatic heterocycles. The molecular formula is H6AlCrHfMoNbSiTiW. The first-order valence-electron chi connectivity index (χ1n) is 0.408. The Morgan fingerprint density at radius 3 is 1.12 bits per heavy atom. The standard InChI is InChI=1S/Al.Cr.Hf.Mo.Nb.H3Si.Ti.W.3H/h;;;;;1H3;;;;;. The van der Waals surface area contributed by atoms with Crippen LogP contribution in [0, 0.1) is 0 Å². The van der Waals surface area contributed by atoms with E-state index in [2.05, 4.69) is 19.1 Å². The minimum absolute atomic E-state index is 0. The second-order valence-electron chi connectivity index (χ2n) is 0. The summed E-state index contributed by atoms with van der Waals surface area (Å²) in [7, 11) is 1.32. The van der Waals surface area contributed by atoms with E-state index in [1.807, 2.05) is 0 Å². The molecule has 0 aromatic carbocycles. The van der Waals surface area contributed by atoms with E-state index in [0.717, 1.165) is 0 Å². The van der Waals surface area contributed by atoms with E-state index in [4.69, 9.17) is 0 Å². The molecule has 0 fully saturated rings. The molecule has 0 nitrogen and oxygen atoms in total. The van der Waals surface area contributed by atoms with Gasteiger partial charge in [0, 0.05) is 108 Å². The Balaban J connectivity index is -0.000000000333. The first-order chi connectivity index (χ1) is 1.00. The van der Waals surface area contributed by atoms with Gasteiger partial charge >= 0.3 is 27.3 Å². The molecule has 8 heteroatoms. The van der Waals surface area contributed by atoms with Crippen molar-refractivity contribution < 1.29 is 127 Å². The van der Waals surface area contributed by atoms with E-state index in [-0.39, 0.29) is 126 Å². The van der Waals surface area contributed by atoms with Crippen molar-refractivity contribution in [2.24, 2.45) is 0 Å². The zero-order chi connectivity index (χ0) is 2.00. The van der Waals surface area contributed by atoms with Crippen molar-refractivity contribution in [1.29, 1.82) is 0 Å². The maximum atomic E-state index is 2.09. The molecule has 44 valence electrons. The van der Waals surface area contributed by atoms with Crippen LogP contribution < -0.4 is 0 Å². The summed E-state index contributed by atoms with van der Waals surface area (Å²) in [6.07, 6.45) is 0. The molecule has 0 N–H and O–H groups in total. The summed E-state index contributed by atoms with van der Waals surface area (Å²) in [4.78, 5) is 0. The summed E-state index contributed by atoms with van der Waals surface area (Å²) in [6, 6.07) is 0. The fourth-order valence-corrected chi connectivity index (χ4v) is 0. The first kappa shape index (κ1) is 52.1. The average Bonchev–Trinajstić information content (AvgIpc) is 1.00. The van der Waals surface area contributed by atoms with Gasteiger partial charge < -0.3 is 0 Å². The topological polar surface area (TPSA) is 0 Å². The second-order valence-corrected chi connectivity index (χ2v) is 0. The molecule has 0 amide bonds. The van der Waals surface area contributed by atoms with Gasteiger partial charge in [0.15, 0.2) is 17.4 Å². The molecule has 0 aromatic heterocycles. The van der Waals surface area contributed by atoms with E-state index >= 15 is 0 Å². The van der Waals surface area contributed by atoms with Gasteiger partial charge in [-0.2, -0.15) is 0 Å². The number of rotatable bonds is 0. The van der Waals surface area contributed by atoms with E-state index < -0.39 is 0 Å². The van der Waals surface area contributed by atoms with Gasteiger partial charge in [-0.15, -0.1) is 0 Å². The van der Waals surface area contributed by atoms with Crippen LogP contribution in [-0.4, -0.2) is 25.6 Å². The quantitative estimate of drug-likeness (QED) is 0.247. The molecule has 0 aromatic rings. The normalized spacial score (nSPS) is 1.00. The van der Waals surface area contributed by atoms with Crippen LogP contribution in [0.2, 0.25) is 0 Å². The van der Waals surface area contributed by atoms with Gasteiger partial charge in [0.25, 0.3) is 0 Å². The van der Waals surface area contributed by atoms with Crippen LogP contribution in [-0.2, 0) is 127 Å². The molecular weight excluding hydrogens is 706 g/mol. The summed E-state index contributed by atoms with van der Waals surface area (Å²) in [5.41, 5.74) is 0. The molecule has 0 saturated heterocycles. The Kier molecular flexibility index (Phi) is 379. The molecule has 0 spiro atoms. The van der Waals surface area contributed by atoms with Crippen molar-refractivity contribution in [3.05, 3.63) is 0 Å². The van der Waals surface area contributed by atoms with Gasteiger partial charge in [0.2, 0.25) is 0 Å². The summed E-state index contributed by atoms with van der Waals surface area (Å²) in [5, 5.41) is 0. The van der Waals surface area contributed by atoms with Crippen LogP contribution in [0.5, 0.6) is 0 Å². The molecule has 0 aliphatic carbocycles. The van der Waals surface area contributed by atoms with Crippen molar-refractivity contribution in [3.8, 4) is 0 Å². The molecule has 0 heterocycles. The van der Waals surface area contributed by atoms with E-state index in [1.54, 1.807) is 0 Å². The van der Waals surface area contributed by atoms with Gasteiger partial charge in [0.1, 0.15) is 0 Å². The van der Waals surface area contributed by atoms with Gasteiger partial charge in [-0.3, -0.25) is 0 Å². The Labute approximate surface area is 149 Å². The Morgan fingerprint density at radius 2 is 1.12 bits per heavy atom. The summed E-state index contributed by atoms with van der Waals surface area (Å²) in [6.45, 7) is 0. The molecule has 0 unspecified atom stereocenters. The van der Waals surface area contributed by atoms with Crippen molar-refractivity contribution >= 4 is 25.6 Å². The minimum Gasteiger partial charge on any atom is 0 e. The first-order valence-corrected chi connectivity index (χ1v) is 7.25. The third kappa shape index (κ3) is 44.1. The monoisotopic (exact) mass is 716 g/mol. The van der Waals surface area contributed by atoms with Gasteiger partial charge in [-0.1, -0.05) is 0 Å². The predicted molar refractivity (Wildman–Crippen MR) is 19.9 cm³/mol. The average molecular weight is 712 g/mol. The fraction of sp³-hybridized carbons (Fsp3) is 0. The van der Waals surface area contributed by atoms with Gasteiger partial charge in [0.05, 0.1) is 0 Å². The number of hydrogen-bond donors (Lipinski definition) is 0. The Hall–Kier alpha value is 4.98. The zero-order valence-electron chi connectivity index (χ0n) is 3.67. The van der Waals surface area contributed by atoms with Crippen molar-refractivity contribution in [2.75, 3.05) is 0 Å². The summed E-state index contributed by atoms with van der Waals surface area (Å²) < 4.78 is 0. The van der Waals surface area contributed by atoms with Crippen LogP contribution in [0.25, 0.3) is 0 Å². The molecule has 0 bridgehead atoms. The molecule has 0 rings (SSSR count). The van der Waals surface area contributed by atoms with Crippen LogP contribution in [0.1, 0.15) is 0 Å². The van der Waals surface area contributed by atoms with Crippen LogP contribution >= 0.6 is 0 Å². The third-order valence-corrected chi connectivity index (χ3v) is 0. The zero-order valence-corrected chi connectivity index (χ0v) is 19.2. The van der Waals surface area contributed by atoms with Crippen LogP contribution in [0.3, 0.4) is 0 Å². The van der Waals surface area contributed by atoms with Crippen LogP contribution in [0.4, 0.5) is 0 Å². The summed E-state index contributed by atoms with van der Waals surface area (Å²) in [5.74, 6) is 0. The van der Waals surface area contributed by atoms with E-state index in [1.165, 1.54) is 8.21 Å². The Morgan fingerprint density at radius 1 is 1.12 bits per heavy atom.